The molecule has 1 amide bonds. The molecular weight excluding hydrogens is 306 g/mol. The normalized spacial score (nSPS) is 29.3. The van der Waals surface area contributed by atoms with E-state index in [1.807, 2.05) is 0 Å². The van der Waals surface area contributed by atoms with E-state index in [0.717, 1.165) is 19.3 Å². The van der Waals surface area contributed by atoms with E-state index in [9.17, 15) is 19.5 Å². The Morgan fingerprint density at radius 1 is 1.27 bits per heavy atom. The molecule has 2 aliphatic carbocycles. The maximum Gasteiger partial charge on any atom is 0.340 e. The number of hydrogen-bond donors (Lipinski definition) is 2. The first-order chi connectivity index (χ1) is 10.5. The van der Waals surface area contributed by atoms with Gasteiger partial charge in [-0.3, -0.25) is 9.59 Å². The van der Waals surface area contributed by atoms with Crippen molar-refractivity contribution in [2.24, 2.45) is 23.7 Å². The van der Waals surface area contributed by atoms with Gasteiger partial charge >= 0.3 is 11.9 Å². The van der Waals surface area contributed by atoms with E-state index in [2.05, 4.69) is 10.1 Å². The van der Waals surface area contributed by atoms with Crippen LogP contribution in [0.2, 0.25) is 0 Å². The van der Waals surface area contributed by atoms with Crippen LogP contribution in [0.3, 0.4) is 0 Å². The number of carbonyl (C=O) groups is 3. The average Bonchev–Trinajstić information content (AvgIpc) is 3.20. The topological polar surface area (TPSA) is 92.7 Å². The Kier molecular flexibility index (Phi) is 3.90. The van der Waals surface area contributed by atoms with Crippen LogP contribution in [0.4, 0.5) is 5.00 Å². The zero-order valence-corrected chi connectivity index (χ0v) is 12.9. The summed E-state index contributed by atoms with van der Waals surface area (Å²) in [6, 6.07) is 1.58. The quantitative estimate of drug-likeness (QED) is 0.829. The molecule has 0 aliphatic heterocycles. The van der Waals surface area contributed by atoms with Crippen LogP contribution >= 0.6 is 11.3 Å². The van der Waals surface area contributed by atoms with Crippen molar-refractivity contribution in [1.82, 2.24) is 0 Å². The molecule has 2 N–H and O–H groups in total. The van der Waals surface area contributed by atoms with Gasteiger partial charge in [0.25, 0.3) is 0 Å². The van der Waals surface area contributed by atoms with Gasteiger partial charge in [-0.15, -0.1) is 11.3 Å². The second-order valence-corrected chi connectivity index (χ2v) is 6.78. The van der Waals surface area contributed by atoms with Gasteiger partial charge in [-0.25, -0.2) is 4.79 Å². The van der Waals surface area contributed by atoms with E-state index < -0.39 is 23.8 Å². The summed E-state index contributed by atoms with van der Waals surface area (Å²) in [7, 11) is 1.28. The molecule has 0 aromatic carbocycles. The molecule has 1 heterocycles. The van der Waals surface area contributed by atoms with Crippen LogP contribution in [-0.2, 0) is 14.3 Å². The van der Waals surface area contributed by atoms with E-state index in [1.54, 1.807) is 11.4 Å². The molecule has 0 unspecified atom stereocenters. The van der Waals surface area contributed by atoms with Crippen molar-refractivity contribution in [1.29, 1.82) is 0 Å². The number of anilines is 1. The van der Waals surface area contributed by atoms with E-state index in [1.165, 1.54) is 18.4 Å². The molecule has 2 saturated carbocycles. The second kappa shape index (κ2) is 5.72. The van der Waals surface area contributed by atoms with Crippen LogP contribution in [0.15, 0.2) is 11.4 Å². The summed E-state index contributed by atoms with van der Waals surface area (Å²) in [6.45, 7) is 0. The number of methoxy groups -OCH3 is 1. The van der Waals surface area contributed by atoms with Gasteiger partial charge in [0.2, 0.25) is 5.91 Å². The van der Waals surface area contributed by atoms with Crippen LogP contribution in [0, 0.1) is 23.7 Å². The van der Waals surface area contributed by atoms with Crippen molar-refractivity contribution in [3.63, 3.8) is 0 Å². The summed E-state index contributed by atoms with van der Waals surface area (Å²) in [5.74, 6) is -2.60. The minimum atomic E-state index is -0.897. The molecule has 0 radical (unpaired) electrons. The first-order valence-electron chi connectivity index (χ1n) is 7.22. The average molecular weight is 323 g/mol. The number of fused-ring (bicyclic) bond motifs is 2. The Bertz CT molecular complexity index is 625. The van der Waals surface area contributed by atoms with Gasteiger partial charge in [-0.2, -0.15) is 0 Å². The van der Waals surface area contributed by atoms with Gasteiger partial charge in [0.05, 0.1) is 24.5 Å². The lowest BCUT2D eigenvalue weighted by Crippen LogP contribution is -2.37. The molecule has 118 valence electrons. The van der Waals surface area contributed by atoms with Gasteiger partial charge in [0.15, 0.2) is 0 Å². The van der Waals surface area contributed by atoms with Crippen molar-refractivity contribution in [2.45, 2.75) is 19.3 Å². The number of carbonyl (C=O) groups excluding carboxylic acids is 2. The van der Waals surface area contributed by atoms with Gasteiger partial charge in [0.1, 0.15) is 5.00 Å². The molecule has 1 aromatic rings. The highest BCUT2D eigenvalue weighted by molar-refractivity contribution is 7.14. The maximum absolute atomic E-state index is 12.6. The highest BCUT2D eigenvalue weighted by Crippen LogP contribution is 2.52. The zero-order valence-electron chi connectivity index (χ0n) is 12.1. The van der Waals surface area contributed by atoms with Crippen molar-refractivity contribution >= 4 is 34.2 Å². The van der Waals surface area contributed by atoms with Crippen molar-refractivity contribution in [3.8, 4) is 0 Å². The summed E-state index contributed by atoms with van der Waals surface area (Å²) >= 11 is 1.23. The van der Waals surface area contributed by atoms with Crippen LogP contribution in [0.1, 0.15) is 29.6 Å². The lowest BCUT2D eigenvalue weighted by molar-refractivity contribution is -0.148. The van der Waals surface area contributed by atoms with Gasteiger partial charge in [-0.05, 0) is 42.5 Å². The van der Waals surface area contributed by atoms with Crippen molar-refractivity contribution < 1.29 is 24.2 Å². The number of esters is 1. The number of thiophene rings is 1. The summed E-state index contributed by atoms with van der Waals surface area (Å²) < 4.78 is 4.67. The number of rotatable bonds is 4. The molecular formula is C15H17NO5S. The predicted molar refractivity (Wildman–Crippen MR) is 79.7 cm³/mol. The van der Waals surface area contributed by atoms with Gasteiger partial charge in [-0.1, -0.05) is 0 Å². The third-order valence-corrected chi connectivity index (χ3v) is 5.64. The first kappa shape index (κ1) is 15.0. The molecule has 0 saturated heterocycles. The lowest BCUT2D eigenvalue weighted by atomic mass is 9.79. The van der Waals surface area contributed by atoms with Crippen LogP contribution in [-0.4, -0.2) is 30.1 Å². The summed E-state index contributed by atoms with van der Waals surface area (Å²) in [5.41, 5.74) is 0.302. The fraction of sp³-hybridized carbons (Fsp3) is 0.533. The van der Waals surface area contributed by atoms with Crippen LogP contribution in [0.25, 0.3) is 0 Å². The molecule has 2 bridgehead atoms. The predicted octanol–water partition coefficient (Wildman–Crippen LogP) is 2.22. The number of carboxylic acids is 1. The van der Waals surface area contributed by atoms with E-state index in [0.29, 0.717) is 10.6 Å². The summed E-state index contributed by atoms with van der Waals surface area (Å²) in [6.07, 6.45) is 2.60. The SMILES string of the molecule is COC(=O)c1ccsc1NC(=O)[C@H]1[C@@H]2CC[C@@H](C2)[C@@H]1C(=O)O. The molecule has 6 nitrogen and oxygen atoms in total. The fourth-order valence-electron chi connectivity index (χ4n) is 3.90. The third-order valence-electron chi connectivity index (χ3n) is 4.81. The minimum Gasteiger partial charge on any atom is -0.481 e. The van der Waals surface area contributed by atoms with E-state index in [-0.39, 0.29) is 17.7 Å². The molecule has 2 aliphatic rings. The lowest BCUT2D eigenvalue weighted by Gasteiger charge is -2.26. The Labute approximate surface area is 131 Å². The largest absolute Gasteiger partial charge is 0.481 e. The van der Waals surface area contributed by atoms with Crippen molar-refractivity contribution in [3.05, 3.63) is 17.0 Å². The molecule has 1 aromatic heterocycles. The fourth-order valence-corrected chi connectivity index (χ4v) is 4.67. The molecule has 7 heteroatoms. The third kappa shape index (κ3) is 2.39. The Hall–Kier alpha value is -1.89. The van der Waals surface area contributed by atoms with E-state index in [4.69, 9.17) is 0 Å². The van der Waals surface area contributed by atoms with Gasteiger partial charge in [0, 0.05) is 0 Å². The number of amides is 1. The zero-order chi connectivity index (χ0) is 15.9. The van der Waals surface area contributed by atoms with Crippen LogP contribution in [0.5, 0.6) is 0 Å². The number of nitrogens with one attached hydrogen (secondary N) is 1. The molecule has 2 fully saturated rings. The maximum atomic E-state index is 12.6. The highest BCUT2D eigenvalue weighted by atomic mass is 32.1. The smallest absolute Gasteiger partial charge is 0.340 e. The summed E-state index contributed by atoms with van der Waals surface area (Å²) in [4.78, 5) is 35.7. The standard InChI is InChI=1S/C15H17NO5S/c1-21-15(20)9-4-5-22-13(9)16-12(17)10-7-2-3-8(6-7)11(10)14(18)19/h4-5,7-8,10-11H,2-3,6H2,1H3,(H,16,17)(H,18,19)/t7-,8+,10+,11+/m1/s1. The molecule has 0 spiro atoms. The minimum absolute atomic E-state index is 0.0988. The second-order valence-electron chi connectivity index (χ2n) is 5.87. The number of ether oxygens (including phenoxy) is 1. The first-order valence-corrected chi connectivity index (χ1v) is 8.10. The number of carboxylic acid groups (broad SMARTS) is 1. The highest BCUT2D eigenvalue weighted by Gasteiger charge is 2.54. The Balaban J connectivity index is 1.79. The molecule has 4 atom stereocenters. The molecule has 3 rings (SSSR count). The summed E-state index contributed by atoms with van der Waals surface area (Å²) in [5, 5.41) is 14.3. The van der Waals surface area contributed by atoms with Crippen molar-refractivity contribution in [2.75, 3.05) is 12.4 Å². The number of aliphatic carboxylic acids is 1. The van der Waals surface area contributed by atoms with Crippen LogP contribution < -0.4 is 5.32 Å². The Morgan fingerprint density at radius 3 is 2.59 bits per heavy atom. The monoisotopic (exact) mass is 323 g/mol. The Morgan fingerprint density at radius 2 is 1.95 bits per heavy atom. The number of hydrogen-bond acceptors (Lipinski definition) is 5. The van der Waals surface area contributed by atoms with Gasteiger partial charge < -0.3 is 15.2 Å². The van der Waals surface area contributed by atoms with E-state index >= 15 is 0 Å². The molecule has 22 heavy (non-hydrogen) atoms.